The monoisotopic (exact) mass is 303 g/mol. The van der Waals surface area contributed by atoms with Crippen LogP contribution in [0.3, 0.4) is 0 Å². The number of amides is 1. The molecular weight excluding hydrogens is 282 g/mol. The standard InChI is InChI=1S/C17H21NO4/c1-22-12-5-6-13-10(7-12)3-2-4-11(13)9-18-16(19)14-8-15(14)17(20)21/h5-7,11,14-15H,2-4,8-9H2,1H3,(H,18,19)(H,20,21). The highest BCUT2D eigenvalue weighted by molar-refractivity contribution is 5.89. The molecule has 0 aliphatic heterocycles. The normalized spacial score (nSPS) is 26.0. The van der Waals surface area contributed by atoms with E-state index in [1.54, 1.807) is 7.11 Å². The third-order valence-electron chi connectivity index (χ3n) is 4.76. The van der Waals surface area contributed by atoms with Crippen LogP contribution >= 0.6 is 0 Å². The number of methoxy groups -OCH3 is 1. The summed E-state index contributed by atoms with van der Waals surface area (Å²) in [5, 5.41) is 11.8. The van der Waals surface area contributed by atoms with Crippen LogP contribution < -0.4 is 10.1 Å². The second-order valence-electron chi connectivity index (χ2n) is 6.19. The minimum Gasteiger partial charge on any atom is -0.497 e. The summed E-state index contributed by atoms with van der Waals surface area (Å²) in [5.41, 5.74) is 2.57. The molecule has 1 amide bonds. The molecule has 5 nitrogen and oxygen atoms in total. The molecular formula is C17H21NO4. The molecule has 0 radical (unpaired) electrons. The van der Waals surface area contributed by atoms with Crippen molar-refractivity contribution in [2.45, 2.75) is 31.6 Å². The second-order valence-corrected chi connectivity index (χ2v) is 6.19. The van der Waals surface area contributed by atoms with Gasteiger partial charge in [-0.2, -0.15) is 0 Å². The van der Waals surface area contributed by atoms with Crippen molar-refractivity contribution in [2.24, 2.45) is 11.8 Å². The van der Waals surface area contributed by atoms with Crippen molar-refractivity contribution in [1.82, 2.24) is 5.32 Å². The zero-order valence-electron chi connectivity index (χ0n) is 12.7. The zero-order valence-corrected chi connectivity index (χ0v) is 12.7. The van der Waals surface area contributed by atoms with E-state index in [1.807, 2.05) is 6.07 Å². The number of hydrogen-bond acceptors (Lipinski definition) is 3. The van der Waals surface area contributed by atoms with Crippen LogP contribution in [0.2, 0.25) is 0 Å². The van der Waals surface area contributed by atoms with E-state index in [4.69, 9.17) is 9.84 Å². The molecule has 0 heterocycles. The fourth-order valence-corrected chi connectivity index (χ4v) is 3.34. The molecule has 1 aromatic carbocycles. The summed E-state index contributed by atoms with van der Waals surface area (Å²) >= 11 is 0. The lowest BCUT2D eigenvalue weighted by atomic mass is 9.82. The molecule has 0 saturated heterocycles. The van der Waals surface area contributed by atoms with Crippen LogP contribution in [0.15, 0.2) is 18.2 Å². The molecule has 3 unspecified atom stereocenters. The Labute approximate surface area is 129 Å². The lowest BCUT2D eigenvalue weighted by Gasteiger charge is -2.26. The van der Waals surface area contributed by atoms with E-state index in [-0.39, 0.29) is 11.8 Å². The van der Waals surface area contributed by atoms with Crippen molar-refractivity contribution in [1.29, 1.82) is 0 Å². The van der Waals surface area contributed by atoms with E-state index in [0.29, 0.717) is 18.9 Å². The summed E-state index contributed by atoms with van der Waals surface area (Å²) in [7, 11) is 1.66. The van der Waals surface area contributed by atoms with Crippen LogP contribution in [0.4, 0.5) is 0 Å². The summed E-state index contributed by atoms with van der Waals surface area (Å²) < 4.78 is 5.26. The van der Waals surface area contributed by atoms with Gasteiger partial charge < -0.3 is 15.2 Å². The van der Waals surface area contributed by atoms with Crippen LogP contribution in [0.1, 0.15) is 36.3 Å². The number of fused-ring (bicyclic) bond motifs is 1. The third kappa shape index (κ3) is 2.93. The van der Waals surface area contributed by atoms with Crippen molar-refractivity contribution in [3.8, 4) is 5.75 Å². The number of carboxylic acid groups (broad SMARTS) is 1. The molecule has 1 fully saturated rings. The van der Waals surface area contributed by atoms with Crippen molar-refractivity contribution in [3.05, 3.63) is 29.3 Å². The van der Waals surface area contributed by atoms with E-state index in [0.717, 1.165) is 25.0 Å². The summed E-state index contributed by atoms with van der Waals surface area (Å²) in [6.45, 7) is 0.584. The topological polar surface area (TPSA) is 75.6 Å². The van der Waals surface area contributed by atoms with Gasteiger partial charge in [0.05, 0.1) is 18.9 Å². The highest BCUT2D eigenvalue weighted by atomic mass is 16.5. The SMILES string of the molecule is COc1ccc2c(c1)CCCC2CNC(=O)C1CC1C(=O)O. The van der Waals surface area contributed by atoms with Gasteiger partial charge in [0.1, 0.15) is 5.75 Å². The molecule has 2 N–H and O–H groups in total. The molecule has 5 heteroatoms. The first-order valence-corrected chi connectivity index (χ1v) is 7.77. The average molecular weight is 303 g/mol. The number of carboxylic acids is 1. The molecule has 3 rings (SSSR count). The van der Waals surface area contributed by atoms with E-state index in [1.165, 1.54) is 11.1 Å². The van der Waals surface area contributed by atoms with Crippen molar-refractivity contribution in [2.75, 3.05) is 13.7 Å². The van der Waals surface area contributed by atoms with Crippen LogP contribution in [0.25, 0.3) is 0 Å². The number of rotatable bonds is 5. The average Bonchev–Trinajstić information content (AvgIpc) is 3.32. The number of ether oxygens (including phenoxy) is 1. The number of carbonyl (C=O) groups excluding carboxylic acids is 1. The van der Waals surface area contributed by atoms with Gasteiger partial charge in [0.25, 0.3) is 0 Å². The molecule has 3 atom stereocenters. The smallest absolute Gasteiger partial charge is 0.307 e. The molecule has 2 aliphatic rings. The van der Waals surface area contributed by atoms with Crippen LogP contribution in [-0.2, 0) is 16.0 Å². The van der Waals surface area contributed by atoms with Gasteiger partial charge in [0.2, 0.25) is 5.91 Å². The van der Waals surface area contributed by atoms with Crippen molar-refractivity contribution < 1.29 is 19.4 Å². The Morgan fingerprint density at radius 3 is 2.86 bits per heavy atom. The first-order valence-electron chi connectivity index (χ1n) is 7.77. The van der Waals surface area contributed by atoms with Crippen LogP contribution in [0, 0.1) is 11.8 Å². The predicted molar refractivity (Wildman–Crippen MR) is 80.9 cm³/mol. The third-order valence-corrected chi connectivity index (χ3v) is 4.76. The maximum absolute atomic E-state index is 12.0. The fraction of sp³-hybridized carbons (Fsp3) is 0.529. The summed E-state index contributed by atoms with van der Waals surface area (Å²) in [5.74, 6) is -0.631. The lowest BCUT2D eigenvalue weighted by molar-refractivity contribution is -0.140. The number of nitrogens with one attached hydrogen (secondary N) is 1. The number of aliphatic carboxylic acids is 1. The highest BCUT2D eigenvalue weighted by Crippen LogP contribution is 2.39. The maximum atomic E-state index is 12.0. The lowest BCUT2D eigenvalue weighted by Crippen LogP contribution is -2.31. The maximum Gasteiger partial charge on any atom is 0.307 e. The molecule has 118 valence electrons. The van der Waals surface area contributed by atoms with Gasteiger partial charge in [-0.1, -0.05) is 6.07 Å². The Bertz CT molecular complexity index is 598. The zero-order chi connectivity index (χ0) is 15.7. The van der Waals surface area contributed by atoms with Gasteiger partial charge in [0.15, 0.2) is 0 Å². The first kappa shape index (κ1) is 14.9. The summed E-state index contributed by atoms with van der Waals surface area (Å²) in [6.07, 6.45) is 3.66. The van der Waals surface area contributed by atoms with E-state index < -0.39 is 11.9 Å². The quantitative estimate of drug-likeness (QED) is 0.872. The largest absolute Gasteiger partial charge is 0.497 e. The Balaban J connectivity index is 1.61. The van der Waals surface area contributed by atoms with Gasteiger partial charge >= 0.3 is 5.97 Å². The molecule has 0 bridgehead atoms. The first-order chi connectivity index (χ1) is 10.6. The molecule has 2 aliphatic carbocycles. The van der Waals surface area contributed by atoms with E-state index in [9.17, 15) is 9.59 Å². The number of aryl methyl sites for hydroxylation is 1. The predicted octanol–water partition coefficient (Wildman–Crippen LogP) is 1.95. The van der Waals surface area contributed by atoms with Gasteiger partial charge in [-0.15, -0.1) is 0 Å². The fourth-order valence-electron chi connectivity index (χ4n) is 3.34. The van der Waals surface area contributed by atoms with E-state index >= 15 is 0 Å². The van der Waals surface area contributed by atoms with Crippen LogP contribution in [0.5, 0.6) is 5.75 Å². The van der Waals surface area contributed by atoms with Gasteiger partial charge in [-0.3, -0.25) is 9.59 Å². The summed E-state index contributed by atoms with van der Waals surface area (Å²) in [6, 6.07) is 6.12. The Morgan fingerprint density at radius 1 is 1.36 bits per heavy atom. The second kappa shape index (κ2) is 5.99. The van der Waals surface area contributed by atoms with Crippen molar-refractivity contribution >= 4 is 11.9 Å². The van der Waals surface area contributed by atoms with Crippen LogP contribution in [-0.4, -0.2) is 30.6 Å². The molecule has 22 heavy (non-hydrogen) atoms. The highest BCUT2D eigenvalue weighted by Gasteiger charge is 2.48. The van der Waals surface area contributed by atoms with Crippen molar-refractivity contribution in [3.63, 3.8) is 0 Å². The van der Waals surface area contributed by atoms with E-state index in [2.05, 4.69) is 17.4 Å². The minimum absolute atomic E-state index is 0.118. The van der Waals surface area contributed by atoms with Gasteiger partial charge in [-0.05, 0) is 48.9 Å². The summed E-state index contributed by atoms with van der Waals surface area (Å²) in [4.78, 5) is 22.8. The van der Waals surface area contributed by atoms with Gasteiger partial charge in [0, 0.05) is 12.5 Å². The number of benzene rings is 1. The minimum atomic E-state index is -0.866. The number of hydrogen-bond donors (Lipinski definition) is 2. The Kier molecular flexibility index (Phi) is 4.05. The Hall–Kier alpha value is -2.04. The van der Waals surface area contributed by atoms with Gasteiger partial charge in [-0.25, -0.2) is 0 Å². The number of carbonyl (C=O) groups is 2. The molecule has 1 aromatic rings. The molecule has 1 saturated carbocycles. The molecule has 0 aromatic heterocycles. The molecule has 0 spiro atoms. The Morgan fingerprint density at radius 2 is 2.18 bits per heavy atom.